The van der Waals surface area contributed by atoms with Gasteiger partial charge < -0.3 is 14.2 Å². The summed E-state index contributed by atoms with van der Waals surface area (Å²) < 4.78 is 7.85. The molecule has 1 fully saturated rings. The van der Waals surface area contributed by atoms with Crippen molar-refractivity contribution in [1.29, 1.82) is 0 Å². The molecule has 1 saturated carbocycles. The number of rotatable bonds is 5. The number of aryl methyl sites for hydroxylation is 1. The van der Waals surface area contributed by atoms with Gasteiger partial charge in [-0.1, -0.05) is 6.92 Å². The quantitative estimate of drug-likeness (QED) is 0.846. The number of hydrogen-bond donors (Lipinski definition) is 0. The van der Waals surface area contributed by atoms with Crippen LogP contribution < -0.4 is 4.74 Å². The standard InChI is InChI=1S/C18H22N4O2/c1-2-16-19-20-17-11-21(9-10-22(16)17)18(23)14-5-7-15(8-6-14)24-12-13-3-4-13/h5-8,13H,2-4,9-12H2,1H3. The Morgan fingerprint density at radius 1 is 1.21 bits per heavy atom. The number of benzene rings is 1. The first kappa shape index (κ1) is 15.2. The number of carbonyl (C=O) groups excluding carboxylic acids is 1. The second-order valence-electron chi connectivity index (χ2n) is 6.54. The molecule has 0 atom stereocenters. The number of fused-ring (bicyclic) bond motifs is 1. The largest absolute Gasteiger partial charge is 0.493 e. The molecule has 1 aromatic heterocycles. The summed E-state index contributed by atoms with van der Waals surface area (Å²) in [7, 11) is 0. The van der Waals surface area contributed by atoms with Crippen LogP contribution in [0.2, 0.25) is 0 Å². The molecule has 1 aromatic carbocycles. The van der Waals surface area contributed by atoms with E-state index in [4.69, 9.17) is 4.74 Å². The first-order valence-corrected chi connectivity index (χ1v) is 8.67. The Hall–Kier alpha value is -2.37. The second-order valence-corrected chi connectivity index (χ2v) is 6.54. The van der Waals surface area contributed by atoms with Crippen LogP contribution >= 0.6 is 0 Å². The highest BCUT2D eigenvalue weighted by atomic mass is 16.5. The van der Waals surface area contributed by atoms with Crippen molar-refractivity contribution in [3.63, 3.8) is 0 Å². The fourth-order valence-electron chi connectivity index (χ4n) is 3.03. The molecule has 126 valence electrons. The number of hydrogen-bond acceptors (Lipinski definition) is 4. The summed E-state index contributed by atoms with van der Waals surface area (Å²) in [6.45, 7) is 4.83. The minimum atomic E-state index is 0.0380. The molecule has 0 saturated heterocycles. The summed E-state index contributed by atoms with van der Waals surface area (Å²) in [6, 6.07) is 7.47. The van der Waals surface area contributed by atoms with Gasteiger partial charge in [-0.3, -0.25) is 4.79 Å². The van der Waals surface area contributed by atoms with Gasteiger partial charge in [0.2, 0.25) is 0 Å². The van der Waals surface area contributed by atoms with Gasteiger partial charge >= 0.3 is 0 Å². The summed E-state index contributed by atoms with van der Waals surface area (Å²) in [5, 5.41) is 8.41. The zero-order valence-electron chi connectivity index (χ0n) is 13.9. The van der Waals surface area contributed by atoms with Crippen LogP contribution in [0.3, 0.4) is 0 Å². The molecule has 1 amide bonds. The van der Waals surface area contributed by atoms with Crippen LogP contribution in [0.5, 0.6) is 5.75 Å². The minimum absolute atomic E-state index is 0.0380. The van der Waals surface area contributed by atoms with E-state index in [-0.39, 0.29) is 5.91 Å². The molecule has 0 N–H and O–H groups in total. The molecule has 2 aromatic rings. The maximum Gasteiger partial charge on any atom is 0.254 e. The van der Waals surface area contributed by atoms with Crippen molar-refractivity contribution in [2.45, 2.75) is 39.3 Å². The molecule has 24 heavy (non-hydrogen) atoms. The Kier molecular flexibility index (Phi) is 3.96. The SMILES string of the molecule is CCc1nnc2n1CCN(C(=O)c1ccc(OCC3CC3)cc1)C2. The van der Waals surface area contributed by atoms with E-state index in [0.717, 1.165) is 42.9 Å². The Bertz CT molecular complexity index is 734. The lowest BCUT2D eigenvalue weighted by Gasteiger charge is -2.28. The summed E-state index contributed by atoms with van der Waals surface area (Å²) in [5.74, 6) is 3.47. The highest BCUT2D eigenvalue weighted by Gasteiger charge is 2.25. The van der Waals surface area contributed by atoms with E-state index in [2.05, 4.69) is 21.7 Å². The van der Waals surface area contributed by atoms with E-state index in [1.807, 2.05) is 29.2 Å². The zero-order chi connectivity index (χ0) is 16.5. The van der Waals surface area contributed by atoms with Gasteiger partial charge in [0, 0.05) is 25.1 Å². The van der Waals surface area contributed by atoms with Gasteiger partial charge in [0.05, 0.1) is 13.2 Å². The lowest BCUT2D eigenvalue weighted by molar-refractivity contribution is 0.0706. The van der Waals surface area contributed by atoms with Crippen LogP contribution in [0.1, 0.15) is 41.8 Å². The number of amides is 1. The normalized spacial score (nSPS) is 16.8. The van der Waals surface area contributed by atoms with Crippen LogP contribution in [-0.2, 0) is 19.5 Å². The van der Waals surface area contributed by atoms with Gasteiger partial charge in [-0.2, -0.15) is 0 Å². The molecular weight excluding hydrogens is 304 g/mol. The van der Waals surface area contributed by atoms with Crippen molar-refractivity contribution in [2.24, 2.45) is 5.92 Å². The summed E-state index contributed by atoms with van der Waals surface area (Å²) >= 11 is 0. The first-order valence-electron chi connectivity index (χ1n) is 8.67. The molecule has 0 radical (unpaired) electrons. The molecule has 1 aliphatic carbocycles. The van der Waals surface area contributed by atoms with E-state index in [1.165, 1.54) is 12.8 Å². The number of nitrogens with zero attached hydrogens (tertiary/aromatic N) is 4. The van der Waals surface area contributed by atoms with Gasteiger partial charge in [-0.25, -0.2) is 0 Å². The fraction of sp³-hybridized carbons (Fsp3) is 0.500. The molecule has 0 unspecified atom stereocenters. The molecule has 1 aliphatic heterocycles. The first-order chi connectivity index (χ1) is 11.7. The average molecular weight is 326 g/mol. The van der Waals surface area contributed by atoms with E-state index >= 15 is 0 Å². The van der Waals surface area contributed by atoms with Crippen LogP contribution in [-0.4, -0.2) is 38.7 Å². The summed E-state index contributed by atoms with van der Waals surface area (Å²) in [6.07, 6.45) is 3.41. The van der Waals surface area contributed by atoms with E-state index in [9.17, 15) is 4.79 Å². The fourth-order valence-corrected chi connectivity index (χ4v) is 3.03. The Morgan fingerprint density at radius 2 is 2.00 bits per heavy atom. The molecule has 6 nitrogen and oxygen atoms in total. The van der Waals surface area contributed by atoms with Gasteiger partial charge in [0.15, 0.2) is 5.82 Å². The van der Waals surface area contributed by atoms with E-state index in [1.54, 1.807) is 0 Å². The zero-order valence-corrected chi connectivity index (χ0v) is 13.9. The highest BCUT2D eigenvalue weighted by molar-refractivity contribution is 5.94. The molecular formula is C18H22N4O2. The molecule has 0 spiro atoms. The van der Waals surface area contributed by atoms with Crippen LogP contribution in [0, 0.1) is 5.92 Å². The maximum atomic E-state index is 12.7. The predicted molar refractivity (Wildman–Crippen MR) is 88.8 cm³/mol. The average Bonchev–Trinajstić information content (AvgIpc) is 3.37. The van der Waals surface area contributed by atoms with Crippen LogP contribution in [0.4, 0.5) is 0 Å². The second kappa shape index (κ2) is 6.26. The lowest BCUT2D eigenvalue weighted by atomic mass is 10.1. The number of ether oxygens (including phenoxy) is 1. The topological polar surface area (TPSA) is 60.2 Å². The Labute approximate surface area is 141 Å². The van der Waals surface area contributed by atoms with Crippen molar-refractivity contribution in [1.82, 2.24) is 19.7 Å². The smallest absolute Gasteiger partial charge is 0.254 e. The maximum absolute atomic E-state index is 12.7. The number of aromatic nitrogens is 3. The third-order valence-corrected chi connectivity index (χ3v) is 4.72. The molecule has 0 bridgehead atoms. The molecule has 2 aliphatic rings. The van der Waals surface area contributed by atoms with Crippen molar-refractivity contribution in [2.75, 3.05) is 13.2 Å². The number of carbonyl (C=O) groups is 1. The molecule has 6 heteroatoms. The molecule has 4 rings (SSSR count). The Balaban J connectivity index is 1.41. The van der Waals surface area contributed by atoms with Gasteiger partial charge in [0.25, 0.3) is 5.91 Å². The van der Waals surface area contributed by atoms with Gasteiger partial charge in [0.1, 0.15) is 11.6 Å². The van der Waals surface area contributed by atoms with E-state index < -0.39 is 0 Å². The summed E-state index contributed by atoms with van der Waals surface area (Å²) in [4.78, 5) is 14.5. The summed E-state index contributed by atoms with van der Waals surface area (Å²) in [5.41, 5.74) is 0.692. The monoisotopic (exact) mass is 326 g/mol. The van der Waals surface area contributed by atoms with Crippen molar-refractivity contribution in [3.8, 4) is 5.75 Å². The third kappa shape index (κ3) is 3.00. The van der Waals surface area contributed by atoms with Gasteiger partial charge in [-0.05, 0) is 43.0 Å². The minimum Gasteiger partial charge on any atom is -0.493 e. The highest BCUT2D eigenvalue weighted by Crippen LogP contribution is 2.29. The van der Waals surface area contributed by atoms with E-state index in [0.29, 0.717) is 18.7 Å². The van der Waals surface area contributed by atoms with Crippen LogP contribution in [0.25, 0.3) is 0 Å². The third-order valence-electron chi connectivity index (χ3n) is 4.72. The predicted octanol–water partition coefficient (Wildman–Crippen LogP) is 2.29. The molecule has 2 heterocycles. The van der Waals surface area contributed by atoms with Crippen molar-refractivity contribution < 1.29 is 9.53 Å². The Morgan fingerprint density at radius 3 is 2.71 bits per heavy atom. The van der Waals surface area contributed by atoms with Crippen LogP contribution in [0.15, 0.2) is 24.3 Å². The van der Waals surface area contributed by atoms with Gasteiger partial charge in [-0.15, -0.1) is 10.2 Å². The van der Waals surface area contributed by atoms with Crippen molar-refractivity contribution >= 4 is 5.91 Å². The van der Waals surface area contributed by atoms with Crippen molar-refractivity contribution in [3.05, 3.63) is 41.5 Å². The lowest BCUT2D eigenvalue weighted by Crippen LogP contribution is -2.38.